The fourth-order valence-electron chi connectivity index (χ4n) is 2.37. The van der Waals surface area contributed by atoms with Gasteiger partial charge in [0, 0.05) is 27.2 Å². The highest BCUT2D eigenvalue weighted by Gasteiger charge is 2.45. The normalized spacial score (nSPS) is 27.9. The summed E-state index contributed by atoms with van der Waals surface area (Å²) in [4.78, 5) is 34.6. The summed E-state index contributed by atoms with van der Waals surface area (Å²) in [5.41, 5.74) is -1.09. The molecule has 22 heavy (non-hydrogen) atoms. The maximum atomic E-state index is 12.1. The zero-order valence-corrected chi connectivity index (χ0v) is 12.4. The first kappa shape index (κ1) is 16.4. The van der Waals surface area contributed by atoms with Gasteiger partial charge in [-0.05, 0) is 0 Å². The molecule has 2 heterocycles. The molecule has 0 unspecified atom stereocenters. The van der Waals surface area contributed by atoms with Crippen LogP contribution in [0.5, 0.6) is 0 Å². The Labute approximate surface area is 125 Å². The van der Waals surface area contributed by atoms with Crippen LogP contribution >= 0.6 is 0 Å². The molecule has 1 saturated heterocycles. The molecule has 2 N–H and O–H groups in total. The number of nitrogens with zero attached hydrogens (tertiary/aromatic N) is 2. The van der Waals surface area contributed by atoms with E-state index in [4.69, 9.17) is 9.47 Å². The molecule has 1 aromatic heterocycles. The first-order chi connectivity index (χ1) is 10.2. The SMILES string of the molecule is CC(=O)OC[C@H]1O[C@@H](c2cn(C)c(=O)n(C)c2=O)[C@H](O)[C@@H]1O. The summed E-state index contributed by atoms with van der Waals surface area (Å²) in [7, 11) is 2.77. The Bertz CT molecular complexity index is 693. The van der Waals surface area contributed by atoms with E-state index in [2.05, 4.69) is 0 Å². The van der Waals surface area contributed by atoms with E-state index < -0.39 is 41.6 Å². The van der Waals surface area contributed by atoms with E-state index in [0.29, 0.717) is 0 Å². The van der Waals surface area contributed by atoms with Gasteiger partial charge < -0.3 is 24.3 Å². The van der Waals surface area contributed by atoms with Gasteiger partial charge in [-0.3, -0.25) is 14.2 Å². The molecule has 4 atom stereocenters. The lowest BCUT2D eigenvalue weighted by Gasteiger charge is -2.16. The summed E-state index contributed by atoms with van der Waals surface area (Å²) < 4.78 is 12.3. The molecule has 1 aliphatic heterocycles. The van der Waals surface area contributed by atoms with Gasteiger partial charge in [-0.25, -0.2) is 4.79 Å². The van der Waals surface area contributed by atoms with Crippen LogP contribution in [0.25, 0.3) is 0 Å². The quantitative estimate of drug-likeness (QED) is 0.608. The van der Waals surface area contributed by atoms with Crippen molar-refractivity contribution in [1.29, 1.82) is 0 Å². The van der Waals surface area contributed by atoms with Crippen LogP contribution in [-0.2, 0) is 28.4 Å². The molecule has 0 aliphatic carbocycles. The lowest BCUT2D eigenvalue weighted by molar-refractivity contribution is -0.146. The Balaban J connectivity index is 2.32. The van der Waals surface area contributed by atoms with Gasteiger partial charge in [-0.1, -0.05) is 0 Å². The van der Waals surface area contributed by atoms with Crippen molar-refractivity contribution in [3.63, 3.8) is 0 Å². The minimum Gasteiger partial charge on any atom is -0.463 e. The molecule has 2 rings (SSSR count). The molecule has 122 valence electrons. The Morgan fingerprint density at radius 1 is 1.32 bits per heavy atom. The highest BCUT2D eigenvalue weighted by Crippen LogP contribution is 2.31. The number of esters is 1. The van der Waals surface area contributed by atoms with Crippen molar-refractivity contribution in [1.82, 2.24) is 9.13 Å². The molecule has 9 heteroatoms. The third kappa shape index (κ3) is 2.82. The van der Waals surface area contributed by atoms with E-state index in [1.54, 1.807) is 0 Å². The molecule has 0 bridgehead atoms. The summed E-state index contributed by atoms with van der Waals surface area (Å²) in [5, 5.41) is 20.0. The van der Waals surface area contributed by atoms with Crippen molar-refractivity contribution in [2.24, 2.45) is 14.1 Å². The molecule has 0 spiro atoms. The zero-order valence-electron chi connectivity index (χ0n) is 12.4. The summed E-state index contributed by atoms with van der Waals surface area (Å²) >= 11 is 0. The summed E-state index contributed by atoms with van der Waals surface area (Å²) in [6.45, 7) is 0.966. The Morgan fingerprint density at radius 2 is 1.95 bits per heavy atom. The smallest absolute Gasteiger partial charge is 0.330 e. The Kier molecular flexibility index (Phi) is 4.50. The van der Waals surface area contributed by atoms with Gasteiger partial charge in [0.05, 0.1) is 5.56 Å². The average Bonchev–Trinajstić information content (AvgIpc) is 2.74. The lowest BCUT2D eigenvalue weighted by Crippen LogP contribution is -2.40. The second kappa shape index (κ2) is 6.03. The minimum atomic E-state index is -1.37. The van der Waals surface area contributed by atoms with Gasteiger partial charge in [-0.2, -0.15) is 0 Å². The van der Waals surface area contributed by atoms with E-state index in [0.717, 1.165) is 4.57 Å². The van der Waals surface area contributed by atoms with Gasteiger partial charge >= 0.3 is 11.7 Å². The van der Waals surface area contributed by atoms with Crippen LogP contribution in [0.4, 0.5) is 0 Å². The largest absolute Gasteiger partial charge is 0.463 e. The number of aryl methyl sites for hydroxylation is 1. The fraction of sp³-hybridized carbons (Fsp3) is 0.615. The number of carbonyl (C=O) groups is 1. The average molecular weight is 314 g/mol. The van der Waals surface area contributed by atoms with Crippen LogP contribution in [0.1, 0.15) is 18.6 Å². The highest BCUT2D eigenvalue weighted by atomic mass is 16.6. The van der Waals surface area contributed by atoms with E-state index >= 15 is 0 Å². The molecule has 9 nitrogen and oxygen atoms in total. The summed E-state index contributed by atoms with van der Waals surface area (Å²) in [6, 6.07) is 0. The number of carbonyl (C=O) groups excluding carboxylic acids is 1. The second-order valence-corrected chi connectivity index (χ2v) is 5.22. The van der Waals surface area contributed by atoms with Gasteiger partial charge in [0.2, 0.25) is 0 Å². The van der Waals surface area contributed by atoms with Gasteiger partial charge in [0.25, 0.3) is 5.56 Å². The maximum Gasteiger partial charge on any atom is 0.330 e. The molecule has 1 aliphatic rings. The minimum absolute atomic E-state index is 0.0430. The monoisotopic (exact) mass is 314 g/mol. The van der Waals surface area contributed by atoms with Crippen molar-refractivity contribution in [3.8, 4) is 0 Å². The van der Waals surface area contributed by atoms with E-state index in [1.165, 1.54) is 31.8 Å². The molecular formula is C13H18N2O7. The first-order valence-electron chi connectivity index (χ1n) is 6.65. The van der Waals surface area contributed by atoms with Crippen molar-refractivity contribution in [2.45, 2.75) is 31.3 Å². The van der Waals surface area contributed by atoms with Crippen molar-refractivity contribution < 1.29 is 24.5 Å². The predicted octanol–water partition coefficient (Wildman–Crippen LogP) is -2.19. The zero-order chi connectivity index (χ0) is 16.6. The molecule has 1 aromatic rings. The van der Waals surface area contributed by atoms with Crippen LogP contribution in [0, 0.1) is 0 Å². The van der Waals surface area contributed by atoms with E-state index in [1.807, 2.05) is 0 Å². The number of aromatic nitrogens is 2. The number of rotatable bonds is 3. The molecular weight excluding hydrogens is 296 g/mol. The van der Waals surface area contributed by atoms with Crippen LogP contribution in [0.3, 0.4) is 0 Å². The summed E-state index contributed by atoms with van der Waals surface area (Å²) in [5.74, 6) is -0.549. The Morgan fingerprint density at radius 3 is 2.55 bits per heavy atom. The van der Waals surface area contributed by atoms with Crippen molar-refractivity contribution in [2.75, 3.05) is 6.61 Å². The molecule has 0 aromatic carbocycles. The second-order valence-electron chi connectivity index (χ2n) is 5.22. The third-order valence-corrected chi connectivity index (χ3v) is 3.59. The third-order valence-electron chi connectivity index (χ3n) is 3.59. The maximum absolute atomic E-state index is 12.1. The lowest BCUT2D eigenvalue weighted by atomic mass is 10.0. The number of hydrogen-bond acceptors (Lipinski definition) is 7. The number of aliphatic hydroxyl groups is 2. The number of ether oxygens (including phenoxy) is 2. The van der Waals surface area contributed by atoms with E-state index in [-0.39, 0.29) is 12.2 Å². The van der Waals surface area contributed by atoms with Gasteiger partial charge in [-0.15, -0.1) is 0 Å². The molecule has 1 fully saturated rings. The van der Waals surface area contributed by atoms with Crippen LogP contribution in [0.15, 0.2) is 15.8 Å². The highest BCUT2D eigenvalue weighted by molar-refractivity contribution is 5.65. The standard InChI is InChI=1S/C13H18N2O7/c1-6(16)21-5-8-9(17)10(18)11(22-8)7-4-14(2)13(20)15(3)12(7)19/h4,8-11,17-18H,5H2,1-3H3/t8-,9-,10-,11+/m1/s1. The summed E-state index contributed by atoms with van der Waals surface area (Å²) in [6.07, 6.45) is -3.48. The van der Waals surface area contributed by atoms with Crippen molar-refractivity contribution in [3.05, 3.63) is 32.6 Å². The van der Waals surface area contributed by atoms with Crippen LogP contribution in [0.2, 0.25) is 0 Å². The van der Waals surface area contributed by atoms with Crippen molar-refractivity contribution >= 4 is 5.97 Å². The topological polar surface area (TPSA) is 120 Å². The number of aliphatic hydroxyl groups excluding tert-OH is 2. The van der Waals surface area contributed by atoms with E-state index in [9.17, 15) is 24.6 Å². The predicted molar refractivity (Wildman–Crippen MR) is 73.2 cm³/mol. The van der Waals surface area contributed by atoms with Crippen LogP contribution < -0.4 is 11.2 Å². The number of hydrogen-bond donors (Lipinski definition) is 2. The van der Waals surface area contributed by atoms with Crippen LogP contribution in [-0.4, -0.2) is 50.2 Å². The van der Waals surface area contributed by atoms with Gasteiger partial charge in [0.1, 0.15) is 31.0 Å². The Hall–Kier alpha value is -1.97. The molecule has 0 radical (unpaired) electrons. The fourth-order valence-corrected chi connectivity index (χ4v) is 2.37. The first-order valence-corrected chi connectivity index (χ1v) is 6.65. The molecule has 0 saturated carbocycles. The van der Waals surface area contributed by atoms with Gasteiger partial charge in [0.15, 0.2) is 0 Å². The molecule has 0 amide bonds.